The van der Waals surface area contributed by atoms with Gasteiger partial charge in [0.2, 0.25) is 0 Å². The third kappa shape index (κ3) is 3.88. The number of hydrogen-bond acceptors (Lipinski definition) is 1. The van der Waals surface area contributed by atoms with Crippen molar-refractivity contribution in [3.05, 3.63) is 35.4 Å². The van der Waals surface area contributed by atoms with E-state index in [2.05, 4.69) is 45.0 Å². The largest absolute Gasteiger partial charge is 0.481 e. The van der Waals surface area contributed by atoms with Crippen molar-refractivity contribution >= 4 is 5.97 Å². The van der Waals surface area contributed by atoms with Gasteiger partial charge < -0.3 is 5.11 Å². The molecule has 0 saturated carbocycles. The van der Waals surface area contributed by atoms with Gasteiger partial charge in [-0.3, -0.25) is 4.79 Å². The van der Waals surface area contributed by atoms with Crippen LogP contribution >= 0.6 is 0 Å². The fourth-order valence-corrected chi connectivity index (χ4v) is 1.96. The Morgan fingerprint density at radius 1 is 1.24 bits per heavy atom. The maximum absolute atomic E-state index is 10.8. The molecule has 0 fully saturated rings. The van der Waals surface area contributed by atoms with Gasteiger partial charge >= 0.3 is 5.97 Å². The van der Waals surface area contributed by atoms with E-state index in [1.165, 1.54) is 5.56 Å². The maximum Gasteiger partial charge on any atom is 0.303 e. The summed E-state index contributed by atoms with van der Waals surface area (Å²) in [6, 6.07) is 8.36. The summed E-state index contributed by atoms with van der Waals surface area (Å²) in [5, 5.41) is 8.86. The van der Waals surface area contributed by atoms with Crippen LogP contribution in [-0.2, 0) is 10.2 Å². The molecule has 0 heterocycles. The second-order valence-corrected chi connectivity index (χ2v) is 5.58. The van der Waals surface area contributed by atoms with Gasteiger partial charge in [-0.15, -0.1) is 0 Å². The lowest BCUT2D eigenvalue weighted by Crippen LogP contribution is -2.11. The van der Waals surface area contributed by atoms with Crippen molar-refractivity contribution in [1.82, 2.24) is 0 Å². The molecule has 17 heavy (non-hydrogen) atoms. The minimum absolute atomic E-state index is 0.126. The summed E-state index contributed by atoms with van der Waals surface area (Å²) in [6.45, 7) is 8.56. The third-order valence-corrected chi connectivity index (χ3v) is 3.16. The van der Waals surface area contributed by atoms with Gasteiger partial charge in [0.25, 0.3) is 0 Å². The summed E-state index contributed by atoms with van der Waals surface area (Å²) in [7, 11) is 0. The van der Waals surface area contributed by atoms with Crippen LogP contribution in [0.15, 0.2) is 24.3 Å². The Bertz CT molecular complexity index is 371. The molecule has 1 aromatic rings. The maximum atomic E-state index is 10.8. The van der Waals surface area contributed by atoms with Gasteiger partial charge in [0.1, 0.15) is 0 Å². The molecule has 0 saturated heterocycles. The van der Waals surface area contributed by atoms with Crippen molar-refractivity contribution in [3.8, 4) is 0 Å². The van der Waals surface area contributed by atoms with Crippen LogP contribution in [0.4, 0.5) is 0 Å². The highest BCUT2D eigenvalue weighted by molar-refractivity contribution is 5.68. The normalized spacial score (nSPS) is 13.4. The van der Waals surface area contributed by atoms with Gasteiger partial charge in [-0.05, 0) is 28.9 Å². The molecule has 0 radical (unpaired) electrons. The van der Waals surface area contributed by atoms with E-state index in [0.717, 1.165) is 12.0 Å². The Labute approximate surface area is 104 Å². The van der Waals surface area contributed by atoms with Crippen LogP contribution in [0.25, 0.3) is 0 Å². The van der Waals surface area contributed by atoms with Gasteiger partial charge in [0, 0.05) is 0 Å². The van der Waals surface area contributed by atoms with Crippen LogP contribution in [-0.4, -0.2) is 11.1 Å². The smallest absolute Gasteiger partial charge is 0.303 e. The van der Waals surface area contributed by atoms with Crippen LogP contribution in [0, 0.1) is 0 Å². The lowest BCUT2D eigenvalue weighted by atomic mass is 9.85. The molecule has 1 atom stereocenters. The zero-order chi connectivity index (χ0) is 13.1. The Balaban J connectivity index is 2.89. The van der Waals surface area contributed by atoms with Crippen molar-refractivity contribution in [2.24, 2.45) is 0 Å². The number of rotatable bonds is 4. The van der Waals surface area contributed by atoms with Gasteiger partial charge in [-0.25, -0.2) is 0 Å². The number of carbonyl (C=O) groups is 1. The fraction of sp³-hybridized carbons (Fsp3) is 0.533. The first-order chi connectivity index (χ1) is 7.84. The molecule has 1 N–H and O–H groups in total. The van der Waals surface area contributed by atoms with Crippen molar-refractivity contribution in [2.75, 3.05) is 0 Å². The molecule has 0 aliphatic carbocycles. The van der Waals surface area contributed by atoms with Gasteiger partial charge in [0.15, 0.2) is 0 Å². The minimum Gasteiger partial charge on any atom is -0.481 e. The Morgan fingerprint density at radius 3 is 2.12 bits per heavy atom. The minimum atomic E-state index is -0.725. The molecule has 0 aliphatic rings. The van der Waals surface area contributed by atoms with E-state index in [1.54, 1.807) is 0 Å². The van der Waals surface area contributed by atoms with Gasteiger partial charge in [-0.2, -0.15) is 0 Å². The van der Waals surface area contributed by atoms with Crippen molar-refractivity contribution in [3.63, 3.8) is 0 Å². The molecule has 0 bridgehead atoms. The van der Waals surface area contributed by atoms with Crippen LogP contribution < -0.4 is 0 Å². The predicted molar refractivity (Wildman–Crippen MR) is 70.4 cm³/mol. The quantitative estimate of drug-likeness (QED) is 0.856. The van der Waals surface area contributed by atoms with Crippen LogP contribution in [0.1, 0.15) is 57.6 Å². The van der Waals surface area contributed by atoms with Crippen molar-refractivity contribution < 1.29 is 9.90 Å². The summed E-state index contributed by atoms with van der Waals surface area (Å²) in [6.07, 6.45) is 1.08. The molecule has 1 aromatic carbocycles. The topological polar surface area (TPSA) is 37.3 Å². The highest BCUT2D eigenvalue weighted by Crippen LogP contribution is 2.27. The van der Waals surface area contributed by atoms with Crippen molar-refractivity contribution in [1.29, 1.82) is 0 Å². The Hall–Kier alpha value is -1.31. The molecule has 2 nitrogen and oxygen atoms in total. The highest BCUT2D eigenvalue weighted by Gasteiger charge is 2.16. The zero-order valence-electron chi connectivity index (χ0n) is 11.2. The first-order valence-corrected chi connectivity index (χ1v) is 6.16. The summed E-state index contributed by atoms with van der Waals surface area (Å²) in [5.74, 6) is -0.599. The predicted octanol–water partition coefficient (Wildman–Crippen LogP) is 3.95. The van der Waals surface area contributed by atoms with E-state index in [9.17, 15) is 4.79 Å². The van der Waals surface area contributed by atoms with Crippen LogP contribution in [0.5, 0.6) is 0 Å². The summed E-state index contributed by atoms with van der Waals surface area (Å²) < 4.78 is 0. The van der Waals surface area contributed by atoms with E-state index in [4.69, 9.17) is 5.11 Å². The average molecular weight is 234 g/mol. The lowest BCUT2D eigenvalue weighted by molar-refractivity contribution is -0.137. The number of aliphatic carboxylic acids is 1. The first-order valence-electron chi connectivity index (χ1n) is 6.16. The first kappa shape index (κ1) is 13.8. The Morgan fingerprint density at radius 2 is 1.76 bits per heavy atom. The number of benzene rings is 1. The molecule has 0 spiro atoms. The average Bonchev–Trinajstić information content (AvgIpc) is 2.24. The molecule has 1 unspecified atom stereocenters. The molecule has 94 valence electrons. The summed E-state index contributed by atoms with van der Waals surface area (Å²) >= 11 is 0. The molecule has 0 aromatic heterocycles. The van der Waals surface area contributed by atoms with E-state index >= 15 is 0 Å². The van der Waals surface area contributed by atoms with Crippen LogP contribution in [0.3, 0.4) is 0 Å². The van der Waals surface area contributed by atoms with Gasteiger partial charge in [-0.1, -0.05) is 52.0 Å². The second kappa shape index (κ2) is 5.35. The lowest BCUT2D eigenvalue weighted by Gasteiger charge is -2.20. The van der Waals surface area contributed by atoms with Crippen molar-refractivity contribution in [2.45, 2.75) is 51.9 Å². The summed E-state index contributed by atoms with van der Waals surface area (Å²) in [5.41, 5.74) is 2.56. The fourth-order valence-electron chi connectivity index (χ4n) is 1.96. The van der Waals surface area contributed by atoms with E-state index in [-0.39, 0.29) is 17.8 Å². The molecule has 2 heteroatoms. The third-order valence-electron chi connectivity index (χ3n) is 3.16. The van der Waals surface area contributed by atoms with E-state index < -0.39 is 5.97 Å². The molecule has 0 aliphatic heterocycles. The van der Waals surface area contributed by atoms with E-state index in [1.807, 2.05) is 6.92 Å². The number of hydrogen-bond donors (Lipinski definition) is 1. The molecular weight excluding hydrogens is 212 g/mol. The number of carboxylic acid groups (broad SMARTS) is 1. The van der Waals surface area contributed by atoms with Gasteiger partial charge in [0.05, 0.1) is 6.42 Å². The zero-order valence-corrected chi connectivity index (χ0v) is 11.2. The Kier molecular flexibility index (Phi) is 4.33. The standard InChI is InChI=1S/C15H22O2/c1-5-11(10-14(16)17)12-6-8-13(9-7-12)15(2,3)4/h6-9,11H,5,10H2,1-4H3,(H,16,17). The van der Waals surface area contributed by atoms with E-state index in [0.29, 0.717) is 0 Å². The SMILES string of the molecule is CCC(CC(=O)O)c1ccc(C(C)(C)C)cc1. The molecule has 0 amide bonds. The molecular formula is C15H22O2. The van der Waals surface area contributed by atoms with Crippen LogP contribution in [0.2, 0.25) is 0 Å². The molecule has 1 rings (SSSR count). The summed E-state index contributed by atoms with van der Waals surface area (Å²) in [4.78, 5) is 10.8. The highest BCUT2D eigenvalue weighted by atomic mass is 16.4. The number of carboxylic acids is 1. The monoisotopic (exact) mass is 234 g/mol. The second-order valence-electron chi connectivity index (χ2n) is 5.58.